The van der Waals surface area contributed by atoms with Gasteiger partial charge in [-0.05, 0) is 43.5 Å². The topological polar surface area (TPSA) is 52.3 Å². The van der Waals surface area contributed by atoms with E-state index in [0.717, 1.165) is 5.56 Å². The Kier molecular flexibility index (Phi) is 3.26. The lowest BCUT2D eigenvalue weighted by molar-refractivity contribution is 0.0447. The van der Waals surface area contributed by atoms with E-state index in [-0.39, 0.29) is 5.78 Å². The molecule has 92 valence electrons. The molecule has 2 rings (SSSR count). The number of halogens is 1. The molecule has 1 aliphatic rings. The van der Waals surface area contributed by atoms with Crippen LogP contribution in [0.4, 0.5) is 4.39 Å². The van der Waals surface area contributed by atoms with Crippen LogP contribution < -0.4 is 5.73 Å². The molecule has 1 aromatic rings. The van der Waals surface area contributed by atoms with E-state index >= 15 is 0 Å². The first-order valence-electron chi connectivity index (χ1n) is 5.70. The summed E-state index contributed by atoms with van der Waals surface area (Å²) in [5.74, 6) is -0.590. The summed E-state index contributed by atoms with van der Waals surface area (Å²) in [5.41, 5.74) is 6.26. The zero-order valence-corrected chi connectivity index (χ0v) is 9.83. The van der Waals surface area contributed by atoms with Crippen molar-refractivity contribution in [3.8, 4) is 0 Å². The standard InChI is InChI=1S/C13H16FNO2/c1-9-6-10(8-11(14)7-9)12(16)13(15)2-4-17-5-3-13/h6-8H,2-5,15H2,1H3. The van der Waals surface area contributed by atoms with Crippen molar-refractivity contribution >= 4 is 5.78 Å². The molecule has 2 N–H and O–H groups in total. The van der Waals surface area contributed by atoms with Crippen molar-refractivity contribution in [3.63, 3.8) is 0 Å². The monoisotopic (exact) mass is 237 g/mol. The summed E-state index contributed by atoms with van der Waals surface area (Å²) < 4.78 is 18.5. The number of rotatable bonds is 2. The van der Waals surface area contributed by atoms with E-state index in [9.17, 15) is 9.18 Å². The minimum atomic E-state index is -0.904. The number of ketones is 1. The van der Waals surface area contributed by atoms with Gasteiger partial charge in [0.1, 0.15) is 5.82 Å². The Balaban J connectivity index is 2.29. The van der Waals surface area contributed by atoms with Gasteiger partial charge in [0.25, 0.3) is 0 Å². The fraction of sp³-hybridized carbons (Fsp3) is 0.462. The minimum absolute atomic E-state index is 0.191. The van der Waals surface area contributed by atoms with Crippen LogP contribution >= 0.6 is 0 Å². The predicted molar refractivity (Wildman–Crippen MR) is 62.4 cm³/mol. The van der Waals surface area contributed by atoms with Gasteiger partial charge >= 0.3 is 0 Å². The lowest BCUT2D eigenvalue weighted by atomic mass is 9.83. The van der Waals surface area contributed by atoms with Crippen LogP contribution in [0, 0.1) is 12.7 Å². The largest absolute Gasteiger partial charge is 0.381 e. The van der Waals surface area contributed by atoms with Gasteiger partial charge in [-0.15, -0.1) is 0 Å². The molecule has 0 aromatic heterocycles. The molecule has 4 heteroatoms. The molecule has 0 atom stereocenters. The maximum absolute atomic E-state index is 13.3. The van der Waals surface area contributed by atoms with E-state index in [4.69, 9.17) is 10.5 Å². The number of ether oxygens (including phenoxy) is 1. The molecule has 1 heterocycles. The summed E-state index contributed by atoms with van der Waals surface area (Å²) in [7, 11) is 0. The Bertz CT molecular complexity index is 419. The molecule has 0 unspecified atom stereocenters. The number of nitrogens with two attached hydrogens (primary N) is 1. The third-order valence-corrected chi connectivity index (χ3v) is 3.14. The summed E-state index contributed by atoms with van der Waals surface area (Å²) >= 11 is 0. The summed E-state index contributed by atoms with van der Waals surface area (Å²) in [4.78, 5) is 12.3. The van der Waals surface area contributed by atoms with Gasteiger partial charge in [0.05, 0.1) is 5.54 Å². The zero-order chi connectivity index (χ0) is 12.5. The van der Waals surface area contributed by atoms with Crippen LogP contribution in [0.25, 0.3) is 0 Å². The average Bonchev–Trinajstić information content (AvgIpc) is 2.27. The Labute approximate surface area is 99.8 Å². The smallest absolute Gasteiger partial charge is 0.182 e. The lowest BCUT2D eigenvalue weighted by Crippen LogP contribution is -2.51. The molecule has 3 nitrogen and oxygen atoms in total. The minimum Gasteiger partial charge on any atom is -0.381 e. The van der Waals surface area contributed by atoms with E-state index in [0.29, 0.717) is 31.6 Å². The highest BCUT2D eigenvalue weighted by molar-refractivity contribution is 6.03. The molecule has 17 heavy (non-hydrogen) atoms. The van der Waals surface area contributed by atoms with E-state index in [1.54, 1.807) is 13.0 Å². The van der Waals surface area contributed by atoms with Crippen molar-refractivity contribution in [2.75, 3.05) is 13.2 Å². The number of carbonyl (C=O) groups is 1. The Hall–Kier alpha value is -1.26. The van der Waals surface area contributed by atoms with E-state index in [2.05, 4.69) is 0 Å². The van der Waals surface area contributed by atoms with E-state index in [1.807, 2.05) is 0 Å². The van der Waals surface area contributed by atoms with Gasteiger partial charge in [0.2, 0.25) is 0 Å². The highest BCUT2D eigenvalue weighted by Gasteiger charge is 2.36. The van der Waals surface area contributed by atoms with Crippen molar-refractivity contribution in [2.45, 2.75) is 25.3 Å². The van der Waals surface area contributed by atoms with Gasteiger partial charge < -0.3 is 10.5 Å². The van der Waals surface area contributed by atoms with Crippen LogP contribution in [-0.4, -0.2) is 24.5 Å². The van der Waals surface area contributed by atoms with Gasteiger partial charge in [-0.3, -0.25) is 4.79 Å². The van der Waals surface area contributed by atoms with Crippen LogP contribution in [0.1, 0.15) is 28.8 Å². The molecule has 0 aliphatic carbocycles. The first kappa shape index (κ1) is 12.2. The second-order valence-electron chi connectivity index (χ2n) is 4.61. The average molecular weight is 237 g/mol. The van der Waals surface area contributed by atoms with Crippen molar-refractivity contribution in [2.24, 2.45) is 5.73 Å². The van der Waals surface area contributed by atoms with Gasteiger partial charge in [-0.2, -0.15) is 0 Å². The van der Waals surface area contributed by atoms with Crippen LogP contribution in [0.3, 0.4) is 0 Å². The number of aryl methyl sites for hydroxylation is 1. The molecule has 1 fully saturated rings. The number of carbonyl (C=O) groups excluding carboxylic acids is 1. The number of hydrogen-bond acceptors (Lipinski definition) is 3. The molecule has 0 bridgehead atoms. The van der Waals surface area contributed by atoms with Gasteiger partial charge in [-0.1, -0.05) is 0 Å². The van der Waals surface area contributed by atoms with Crippen molar-refractivity contribution in [3.05, 3.63) is 35.1 Å². The highest BCUT2D eigenvalue weighted by atomic mass is 19.1. The summed E-state index contributed by atoms with van der Waals surface area (Å²) in [6.07, 6.45) is 0.975. The second kappa shape index (κ2) is 4.55. The van der Waals surface area contributed by atoms with E-state index < -0.39 is 11.4 Å². The van der Waals surface area contributed by atoms with Crippen LogP contribution in [0.2, 0.25) is 0 Å². The Morgan fingerprint density at radius 1 is 1.35 bits per heavy atom. The first-order valence-corrected chi connectivity index (χ1v) is 5.70. The summed E-state index contributed by atoms with van der Waals surface area (Å²) in [5, 5.41) is 0. The van der Waals surface area contributed by atoms with Crippen LogP contribution in [0.5, 0.6) is 0 Å². The predicted octanol–water partition coefficient (Wildman–Crippen LogP) is 1.82. The van der Waals surface area contributed by atoms with E-state index in [1.165, 1.54) is 12.1 Å². The maximum atomic E-state index is 13.3. The maximum Gasteiger partial charge on any atom is 0.182 e. The summed E-state index contributed by atoms with van der Waals surface area (Å²) in [6, 6.07) is 4.32. The molecule has 0 spiro atoms. The third-order valence-electron chi connectivity index (χ3n) is 3.14. The van der Waals surface area contributed by atoms with Gasteiger partial charge in [-0.25, -0.2) is 4.39 Å². The lowest BCUT2D eigenvalue weighted by Gasteiger charge is -2.31. The second-order valence-corrected chi connectivity index (χ2v) is 4.61. The van der Waals surface area contributed by atoms with Crippen molar-refractivity contribution < 1.29 is 13.9 Å². The van der Waals surface area contributed by atoms with Gasteiger partial charge in [0, 0.05) is 18.8 Å². The zero-order valence-electron chi connectivity index (χ0n) is 9.83. The van der Waals surface area contributed by atoms with Crippen LogP contribution in [0.15, 0.2) is 18.2 Å². The van der Waals surface area contributed by atoms with Crippen LogP contribution in [-0.2, 0) is 4.74 Å². The molecule has 0 saturated carbocycles. The third kappa shape index (κ3) is 2.53. The Morgan fingerprint density at radius 2 is 2.00 bits per heavy atom. The fourth-order valence-corrected chi connectivity index (χ4v) is 2.12. The quantitative estimate of drug-likeness (QED) is 0.798. The number of hydrogen-bond donors (Lipinski definition) is 1. The first-order chi connectivity index (χ1) is 8.01. The highest BCUT2D eigenvalue weighted by Crippen LogP contribution is 2.23. The molecule has 1 aliphatic heterocycles. The molecule has 1 saturated heterocycles. The normalized spacial score (nSPS) is 19.0. The van der Waals surface area contributed by atoms with Crippen molar-refractivity contribution in [1.82, 2.24) is 0 Å². The Morgan fingerprint density at radius 3 is 2.59 bits per heavy atom. The summed E-state index contributed by atoms with van der Waals surface area (Å²) in [6.45, 7) is 2.72. The molecular weight excluding hydrogens is 221 g/mol. The molecular formula is C13H16FNO2. The fourth-order valence-electron chi connectivity index (χ4n) is 2.12. The molecule has 0 amide bonds. The molecule has 0 radical (unpaired) electrons. The van der Waals surface area contributed by atoms with Gasteiger partial charge in [0.15, 0.2) is 5.78 Å². The number of Topliss-reactive ketones (excluding diaryl/α,β-unsaturated/α-hetero) is 1. The number of benzene rings is 1. The van der Waals surface area contributed by atoms with Crippen molar-refractivity contribution in [1.29, 1.82) is 0 Å². The SMILES string of the molecule is Cc1cc(F)cc(C(=O)C2(N)CCOCC2)c1. The molecule has 1 aromatic carbocycles.